The molecule has 2 N–H and O–H groups in total. The van der Waals surface area contributed by atoms with Crippen molar-refractivity contribution >= 4 is 21.6 Å². The zero-order valence-electron chi connectivity index (χ0n) is 16.5. The summed E-state index contributed by atoms with van der Waals surface area (Å²) >= 11 is 0. The van der Waals surface area contributed by atoms with Crippen LogP contribution in [0.15, 0.2) is 78.0 Å². The van der Waals surface area contributed by atoms with Gasteiger partial charge in [-0.2, -0.15) is 13.2 Å². The number of pyridine rings is 1. The first-order valence-electron chi connectivity index (χ1n) is 9.22. The molecule has 0 aliphatic rings. The Morgan fingerprint density at radius 2 is 1.78 bits per heavy atom. The summed E-state index contributed by atoms with van der Waals surface area (Å²) in [6.07, 6.45) is -1.36. The number of amides is 1. The van der Waals surface area contributed by atoms with E-state index in [9.17, 15) is 26.4 Å². The van der Waals surface area contributed by atoms with Crippen molar-refractivity contribution in [2.75, 3.05) is 11.3 Å². The zero-order chi connectivity index (χ0) is 23.2. The van der Waals surface area contributed by atoms with Gasteiger partial charge in [0.2, 0.25) is 0 Å². The third-order valence-electron chi connectivity index (χ3n) is 4.16. The number of benzene rings is 2. The van der Waals surface area contributed by atoms with Gasteiger partial charge >= 0.3 is 6.18 Å². The zero-order valence-corrected chi connectivity index (χ0v) is 17.3. The van der Waals surface area contributed by atoms with Crippen molar-refractivity contribution in [2.45, 2.75) is 17.6 Å². The van der Waals surface area contributed by atoms with Crippen LogP contribution in [-0.4, -0.2) is 25.9 Å². The van der Waals surface area contributed by atoms with E-state index in [4.69, 9.17) is 4.74 Å². The maximum absolute atomic E-state index is 12.8. The smallest absolute Gasteiger partial charge is 0.416 e. The molecule has 3 rings (SSSR count). The van der Waals surface area contributed by atoms with E-state index in [1.54, 1.807) is 24.5 Å². The Kier molecular flexibility index (Phi) is 6.98. The Balaban J connectivity index is 1.57. The monoisotopic (exact) mass is 465 g/mol. The van der Waals surface area contributed by atoms with Crippen molar-refractivity contribution in [3.63, 3.8) is 0 Å². The van der Waals surface area contributed by atoms with Crippen LogP contribution >= 0.6 is 0 Å². The summed E-state index contributed by atoms with van der Waals surface area (Å²) < 4.78 is 70.8. The lowest BCUT2D eigenvalue weighted by Gasteiger charge is -2.12. The number of ether oxygens (including phenoxy) is 1. The van der Waals surface area contributed by atoms with Gasteiger partial charge < -0.3 is 10.1 Å². The lowest BCUT2D eigenvalue weighted by atomic mass is 10.2. The van der Waals surface area contributed by atoms with Crippen LogP contribution in [0, 0.1) is 0 Å². The first-order chi connectivity index (χ1) is 15.1. The second-order valence-corrected chi connectivity index (χ2v) is 8.26. The van der Waals surface area contributed by atoms with Crippen LogP contribution in [0.1, 0.15) is 11.1 Å². The molecule has 7 nitrogen and oxygen atoms in total. The van der Waals surface area contributed by atoms with Gasteiger partial charge in [-0.1, -0.05) is 12.1 Å². The van der Waals surface area contributed by atoms with Crippen LogP contribution in [0.5, 0.6) is 5.75 Å². The minimum Gasteiger partial charge on any atom is -0.484 e. The molecule has 1 aromatic heterocycles. The standard InChI is InChI=1S/C21H18F3N3O4S/c22-21(23,24)16-4-1-5-17(11-16)27-32(29,30)19-8-6-18(7-9-19)31-14-20(28)26-13-15-3-2-10-25-12-15/h1-12,27H,13-14H2,(H,26,28). The maximum Gasteiger partial charge on any atom is 0.416 e. The highest BCUT2D eigenvalue weighted by molar-refractivity contribution is 7.92. The number of nitrogens with one attached hydrogen (secondary N) is 2. The molecule has 0 bridgehead atoms. The van der Waals surface area contributed by atoms with Crippen LogP contribution < -0.4 is 14.8 Å². The van der Waals surface area contributed by atoms with Crippen molar-refractivity contribution in [3.05, 3.63) is 84.2 Å². The molecule has 0 unspecified atom stereocenters. The summed E-state index contributed by atoms with van der Waals surface area (Å²) in [5.74, 6) is -0.128. The average Bonchev–Trinajstić information content (AvgIpc) is 2.76. The van der Waals surface area contributed by atoms with Gasteiger partial charge in [-0.05, 0) is 54.1 Å². The molecule has 1 heterocycles. The molecular weight excluding hydrogens is 447 g/mol. The number of sulfonamides is 1. The molecule has 0 fully saturated rings. The number of rotatable bonds is 8. The van der Waals surface area contributed by atoms with Crippen molar-refractivity contribution < 1.29 is 31.1 Å². The van der Waals surface area contributed by atoms with E-state index in [-0.39, 0.29) is 35.4 Å². The topological polar surface area (TPSA) is 97.4 Å². The maximum atomic E-state index is 12.8. The number of anilines is 1. The fraction of sp³-hybridized carbons (Fsp3) is 0.143. The van der Waals surface area contributed by atoms with Gasteiger partial charge in [-0.25, -0.2) is 8.42 Å². The van der Waals surface area contributed by atoms with Crippen molar-refractivity contribution in [1.29, 1.82) is 0 Å². The highest BCUT2D eigenvalue weighted by Gasteiger charge is 2.30. The second-order valence-electron chi connectivity index (χ2n) is 6.58. The minimum atomic E-state index is -4.59. The minimum absolute atomic E-state index is 0.178. The van der Waals surface area contributed by atoms with Gasteiger partial charge in [0.25, 0.3) is 15.9 Å². The van der Waals surface area contributed by atoms with E-state index in [1.165, 1.54) is 30.3 Å². The van der Waals surface area contributed by atoms with Gasteiger partial charge in [0.05, 0.1) is 10.5 Å². The van der Waals surface area contributed by atoms with Crippen LogP contribution in [0.4, 0.5) is 18.9 Å². The lowest BCUT2D eigenvalue weighted by Crippen LogP contribution is -2.28. The highest BCUT2D eigenvalue weighted by atomic mass is 32.2. The Hall–Kier alpha value is -3.60. The predicted molar refractivity (Wildman–Crippen MR) is 110 cm³/mol. The number of alkyl halides is 3. The number of halogens is 3. The van der Waals surface area contributed by atoms with Crippen LogP contribution in [-0.2, 0) is 27.5 Å². The predicted octanol–water partition coefficient (Wildman–Crippen LogP) is 3.60. The van der Waals surface area contributed by atoms with Gasteiger partial charge in [0, 0.05) is 24.6 Å². The number of carbonyl (C=O) groups is 1. The van der Waals surface area contributed by atoms with E-state index in [1.807, 2.05) is 0 Å². The molecule has 32 heavy (non-hydrogen) atoms. The Morgan fingerprint density at radius 1 is 1.03 bits per heavy atom. The molecule has 0 saturated heterocycles. The third-order valence-corrected chi connectivity index (χ3v) is 5.56. The summed E-state index contributed by atoms with van der Waals surface area (Å²) in [5, 5.41) is 2.66. The first kappa shape index (κ1) is 23.1. The molecular formula is C21H18F3N3O4S. The van der Waals surface area contributed by atoms with Crippen LogP contribution in [0.3, 0.4) is 0 Å². The summed E-state index contributed by atoms with van der Waals surface area (Å²) in [6.45, 7) is 0.00324. The largest absolute Gasteiger partial charge is 0.484 e. The van der Waals surface area contributed by atoms with Gasteiger partial charge in [-0.3, -0.25) is 14.5 Å². The number of carbonyl (C=O) groups excluding carboxylic acids is 1. The molecule has 3 aromatic rings. The van der Waals surface area contributed by atoms with E-state index in [2.05, 4.69) is 15.0 Å². The van der Waals surface area contributed by atoms with Crippen molar-refractivity contribution in [1.82, 2.24) is 10.3 Å². The number of aromatic nitrogens is 1. The molecule has 0 radical (unpaired) electrons. The van der Waals surface area contributed by atoms with Gasteiger partial charge in [0.1, 0.15) is 5.75 Å². The quantitative estimate of drug-likeness (QED) is 0.530. The summed E-state index contributed by atoms with van der Waals surface area (Å²) in [5.41, 5.74) is -0.364. The molecule has 0 aliphatic carbocycles. The normalized spacial score (nSPS) is 11.6. The highest BCUT2D eigenvalue weighted by Crippen LogP contribution is 2.31. The molecule has 168 valence electrons. The van der Waals surface area contributed by atoms with Gasteiger partial charge in [0.15, 0.2) is 6.61 Å². The number of hydrogen-bond donors (Lipinski definition) is 2. The number of nitrogens with zero attached hydrogens (tertiary/aromatic N) is 1. The van der Waals surface area contributed by atoms with Crippen LogP contribution in [0.25, 0.3) is 0 Å². The number of hydrogen-bond acceptors (Lipinski definition) is 5. The molecule has 0 aliphatic heterocycles. The van der Waals surface area contributed by atoms with Crippen molar-refractivity contribution in [3.8, 4) is 5.75 Å². The molecule has 0 atom stereocenters. The van der Waals surface area contributed by atoms with E-state index < -0.39 is 21.8 Å². The van der Waals surface area contributed by atoms with E-state index in [0.29, 0.717) is 6.07 Å². The fourth-order valence-corrected chi connectivity index (χ4v) is 3.64. The van der Waals surface area contributed by atoms with Crippen molar-refractivity contribution in [2.24, 2.45) is 0 Å². The van der Waals surface area contributed by atoms with Crippen LogP contribution in [0.2, 0.25) is 0 Å². The molecule has 0 saturated carbocycles. The Morgan fingerprint density at radius 3 is 2.44 bits per heavy atom. The third kappa shape index (κ3) is 6.45. The second kappa shape index (κ2) is 9.69. The molecule has 11 heteroatoms. The Bertz CT molecular complexity index is 1170. The Labute approximate surface area is 182 Å². The summed E-state index contributed by atoms with van der Waals surface area (Å²) in [7, 11) is -4.12. The average molecular weight is 465 g/mol. The molecule has 1 amide bonds. The fourth-order valence-electron chi connectivity index (χ4n) is 2.59. The van der Waals surface area contributed by atoms with E-state index >= 15 is 0 Å². The lowest BCUT2D eigenvalue weighted by molar-refractivity contribution is -0.137. The SMILES string of the molecule is O=C(COc1ccc(S(=O)(=O)Nc2cccc(C(F)(F)F)c2)cc1)NCc1cccnc1. The molecule has 0 spiro atoms. The summed E-state index contributed by atoms with van der Waals surface area (Å²) in [4.78, 5) is 15.6. The summed E-state index contributed by atoms with van der Waals surface area (Å²) in [6, 6.07) is 12.6. The van der Waals surface area contributed by atoms with E-state index in [0.717, 1.165) is 17.7 Å². The molecule has 2 aromatic carbocycles. The van der Waals surface area contributed by atoms with Gasteiger partial charge in [-0.15, -0.1) is 0 Å². The first-order valence-corrected chi connectivity index (χ1v) is 10.7.